The number of benzene rings is 1. The molecule has 3 rings (SSSR count). The molecule has 130 valence electrons. The Morgan fingerprint density at radius 3 is 2.88 bits per heavy atom. The highest BCUT2D eigenvalue weighted by atomic mass is 32.2. The minimum Gasteiger partial charge on any atom is -0.375 e. The second-order valence-corrected chi connectivity index (χ2v) is 9.25. The van der Waals surface area contributed by atoms with Gasteiger partial charge in [0.2, 0.25) is 10.0 Å². The van der Waals surface area contributed by atoms with E-state index in [0.29, 0.717) is 18.1 Å². The summed E-state index contributed by atoms with van der Waals surface area (Å²) < 4.78 is 25.8. The molecule has 1 fully saturated rings. The van der Waals surface area contributed by atoms with Crippen LogP contribution in [0, 0.1) is 0 Å². The molecule has 0 radical (unpaired) electrons. The maximum atomic E-state index is 12.1. The summed E-state index contributed by atoms with van der Waals surface area (Å²) in [6, 6.07) is 7.95. The number of thiazole rings is 1. The van der Waals surface area contributed by atoms with Crippen LogP contribution >= 0.6 is 11.3 Å². The van der Waals surface area contributed by atoms with Crippen molar-refractivity contribution in [3.63, 3.8) is 0 Å². The molecule has 1 saturated heterocycles. The van der Waals surface area contributed by atoms with Gasteiger partial charge in [-0.05, 0) is 38.1 Å². The van der Waals surface area contributed by atoms with E-state index >= 15 is 0 Å². The van der Waals surface area contributed by atoms with Crippen molar-refractivity contribution < 1.29 is 8.42 Å². The van der Waals surface area contributed by atoms with E-state index < -0.39 is 10.0 Å². The van der Waals surface area contributed by atoms with Crippen LogP contribution in [0.25, 0.3) is 0 Å². The predicted octanol–water partition coefficient (Wildman–Crippen LogP) is 2.46. The fourth-order valence-corrected chi connectivity index (χ4v) is 5.21. The topological polar surface area (TPSA) is 79.5 Å². The summed E-state index contributed by atoms with van der Waals surface area (Å²) in [5.41, 5.74) is 7.53. The molecule has 0 spiro atoms. The summed E-state index contributed by atoms with van der Waals surface area (Å²) in [4.78, 5) is 7.39. The van der Waals surface area contributed by atoms with Gasteiger partial charge in [-0.25, -0.2) is 13.4 Å². The maximum Gasteiger partial charge on any atom is 0.235 e. The number of hydrogen-bond acceptors (Lipinski definition) is 6. The van der Waals surface area contributed by atoms with Gasteiger partial charge in [-0.15, -0.1) is 11.3 Å². The van der Waals surface area contributed by atoms with Gasteiger partial charge in [0.05, 0.1) is 11.4 Å². The summed E-state index contributed by atoms with van der Waals surface area (Å²) in [6.07, 6.45) is 2.49. The third kappa shape index (κ3) is 3.55. The van der Waals surface area contributed by atoms with Crippen LogP contribution in [0.2, 0.25) is 0 Å². The molecular weight excluding hydrogens is 344 g/mol. The fourth-order valence-electron chi connectivity index (χ4n) is 2.90. The number of hydrogen-bond donors (Lipinski definition) is 1. The van der Waals surface area contributed by atoms with Gasteiger partial charge in [-0.2, -0.15) is 0 Å². The average Bonchev–Trinajstić information content (AvgIpc) is 3.11. The molecule has 24 heavy (non-hydrogen) atoms. The highest BCUT2D eigenvalue weighted by Gasteiger charge is 2.28. The first-order valence-electron chi connectivity index (χ1n) is 7.87. The zero-order chi connectivity index (χ0) is 17.3. The Balaban J connectivity index is 1.77. The van der Waals surface area contributed by atoms with E-state index in [2.05, 4.69) is 16.8 Å². The SMILES string of the molecule is CC(c1cccc(N2CCCS2(=O)=O)c1)N(C)Cc1cnc(N)s1. The van der Waals surface area contributed by atoms with Crippen LogP contribution in [0.5, 0.6) is 0 Å². The van der Waals surface area contributed by atoms with Crippen molar-refractivity contribution in [3.8, 4) is 0 Å². The summed E-state index contributed by atoms with van der Waals surface area (Å²) in [6.45, 7) is 3.43. The third-order valence-corrected chi connectivity index (χ3v) is 7.06. The van der Waals surface area contributed by atoms with Crippen molar-refractivity contribution in [2.45, 2.75) is 25.9 Å². The van der Waals surface area contributed by atoms with E-state index in [1.165, 1.54) is 15.6 Å². The maximum absolute atomic E-state index is 12.1. The minimum absolute atomic E-state index is 0.151. The number of sulfonamides is 1. The van der Waals surface area contributed by atoms with Gasteiger partial charge in [0.15, 0.2) is 5.13 Å². The first-order valence-corrected chi connectivity index (χ1v) is 10.3. The van der Waals surface area contributed by atoms with Crippen LogP contribution in [-0.2, 0) is 16.6 Å². The Morgan fingerprint density at radius 2 is 2.25 bits per heavy atom. The Morgan fingerprint density at radius 1 is 1.46 bits per heavy atom. The molecular formula is C16H22N4O2S2. The average molecular weight is 367 g/mol. The second-order valence-electron chi connectivity index (χ2n) is 6.09. The molecule has 2 heterocycles. The van der Waals surface area contributed by atoms with Gasteiger partial charge < -0.3 is 5.73 Å². The number of nitrogens with two attached hydrogens (primary N) is 1. The summed E-state index contributed by atoms with van der Waals surface area (Å²) in [5, 5.41) is 0.576. The van der Waals surface area contributed by atoms with Crippen LogP contribution in [0.4, 0.5) is 10.8 Å². The minimum atomic E-state index is -3.15. The molecule has 0 saturated carbocycles. The summed E-state index contributed by atoms with van der Waals surface area (Å²) >= 11 is 1.49. The number of nitrogen functional groups attached to an aromatic ring is 1. The lowest BCUT2D eigenvalue weighted by atomic mass is 10.1. The van der Waals surface area contributed by atoms with Gasteiger partial charge >= 0.3 is 0 Å². The van der Waals surface area contributed by atoms with E-state index in [0.717, 1.165) is 22.7 Å². The second kappa shape index (κ2) is 6.70. The standard InChI is InChI=1S/C16H22N4O2S2/c1-12(19(2)11-15-10-18-16(17)23-15)13-5-3-6-14(9-13)20-7-4-8-24(20,21)22/h3,5-6,9-10,12H,4,7-8,11H2,1-2H3,(H2,17,18). The Bertz CT molecular complexity index is 819. The van der Waals surface area contributed by atoms with Crippen molar-refractivity contribution in [1.82, 2.24) is 9.88 Å². The zero-order valence-corrected chi connectivity index (χ0v) is 15.5. The van der Waals surface area contributed by atoms with E-state index in [9.17, 15) is 8.42 Å². The predicted molar refractivity (Wildman–Crippen MR) is 98.6 cm³/mol. The van der Waals surface area contributed by atoms with Crippen molar-refractivity contribution in [3.05, 3.63) is 40.9 Å². The zero-order valence-electron chi connectivity index (χ0n) is 13.8. The lowest BCUT2D eigenvalue weighted by molar-refractivity contribution is 0.255. The molecule has 1 aromatic carbocycles. The Kier molecular flexibility index (Phi) is 4.80. The quantitative estimate of drug-likeness (QED) is 0.879. The molecule has 1 aliphatic rings. The van der Waals surface area contributed by atoms with Crippen LogP contribution < -0.4 is 10.0 Å². The fraction of sp³-hybridized carbons (Fsp3) is 0.438. The van der Waals surface area contributed by atoms with E-state index in [1.54, 1.807) is 6.20 Å². The van der Waals surface area contributed by atoms with E-state index in [-0.39, 0.29) is 11.8 Å². The van der Waals surface area contributed by atoms with Gasteiger partial charge in [0, 0.05) is 30.2 Å². The van der Waals surface area contributed by atoms with E-state index in [1.807, 2.05) is 31.3 Å². The first-order chi connectivity index (χ1) is 11.4. The monoisotopic (exact) mass is 366 g/mol. The van der Waals surface area contributed by atoms with Crippen molar-refractivity contribution in [2.24, 2.45) is 0 Å². The van der Waals surface area contributed by atoms with Crippen LogP contribution in [0.15, 0.2) is 30.5 Å². The van der Waals surface area contributed by atoms with Crippen molar-refractivity contribution in [2.75, 3.05) is 29.4 Å². The molecule has 1 unspecified atom stereocenters. The Hall–Kier alpha value is -1.64. The smallest absolute Gasteiger partial charge is 0.235 e. The normalized spacial score (nSPS) is 18.2. The van der Waals surface area contributed by atoms with Gasteiger partial charge in [-0.3, -0.25) is 9.21 Å². The molecule has 2 aromatic rings. The number of aromatic nitrogens is 1. The Labute approximate surface area is 147 Å². The molecule has 1 aromatic heterocycles. The van der Waals surface area contributed by atoms with Crippen LogP contribution in [0.1, 0.15) is 29.8 Å². The molecule has 1 atom stereocenters. The van der Waals surface area contributed by atoms with E-state index in [4.69, 9.17) is 5.73 Å². The molecule has 6 nitrogen and oxygen atoms in total. The van der Waals surface area contributed by atoms with Gasteiger partial charge in [-0.1, -0.05) is 12.1 Å². The third-order valence-electron chi connectivity index (χ3n) is 4.38. The molecule has 2 N–H and O–H groups in total. The summed E-state index contributed by atoms with van der Waals surface area (Å²) in [7, 11) is -1.11. The number of nitrogens with zero attached hydrogens (tertiary/aromatic N) is 3. The van der Waals surface area contributed by atoms with Crippen LogP contribution in [0.3, 0.4) is 0 Å². The lowest BCUT2D eigenvalue weighted by Gasteiger charge is -2.26. The van der Waals surface area contributed by atoms with Gasteiger partial charge in [0.25, 0.3) is 0 Å². The number of rotatable bonds is 5. The number of anilines is 2. The summed E-state index contributed by atoms with van der Waals surface area (Å²) in [5.74, 6) is 0.236. The molecule has 1 aliphatic heterocycles. The molecule has 0 amide bonds. The largest absolute Gasteiger partial charge is 0.375 e. The molecule has 8 heteroatoms. The molecule has 0 bridgehead atoms. The highest BCUT2D eigenvalue weighted by molar-refractivity contribution is 7.93. The highest BCUT2D eigenvalue weighted by Crippen LogP contribution is 2.29. The van der Waals surface area contributed by atoms with Crippen molar-refractivity contribution >= 4 is 32.2 Å². The first kappa shape index (κ1) is 17.2. The molecule has 0 aliphatic carbocycles. The van der Waals surface area contributed by atoms with Gasteiger partial charge in [0.1, 0.15) is 0 Å². The van der Waals surface area contributed by atoms with Crippen LogP contribution in [-0.4, -0.2) is 37.6 Å². The lowest BCUT2D eigenvalue weighted by Crippen LogP contribution is -2.26. The van der Waals surface area contributed by atoms with Crippen molar-refractivity contribution in [1.29, 1.82) is 0 Å².